The maximum absolute atomic E-state index is 13.7. The molecule has 0 radical (unpaired) electrons. The minimum atomic E-state index is -0.764. The Balaban J connectivity index is 1.71. The van der Waals surface area contributed by atoms with Crippen molar-refractivity contribution < 1.29 is 13.9 Å². The lowest BCUT2D eigenvalue weighted by molar-refractivity contribution is -0.120. The molecule has 1 aliphatic rings. The topological polar surface area (TPSA) is 86.1 Å². The molecule has 7 nitrogen and oxygen atoms in total. The third-order valence-corrected chi connectivity index (χ3v) is 5.63. The number of hydrogen-bond donors (Lipinski definition) is 1. The first-order chi connectivity index (χ1) is 13.6. The lowest BCUT2D eigenvalue weighted by Gasteiger charge is -2.27. The minimum absolute atomic E-state index is 0.154. The van der Waals surface area contributed by atoms with E-state index >= 15 is 0 Å². The van der Waals surface area contributed by atoms with Crippen molar-refractivity contribution in [3.8, 4) is 0 Å². The van der Waals surface area contributed by atoms with Crippen molar-refractivity contribution in [3.05, 3.63) is 52.3 Å². The van der Waals surface area contributed by atoms with E-state index in [2.05, 4.69) is 15.3 Å². The zero-order chi connectivity index (χ0) is 19.5. The number of benzene rings is 1. The number of carbonyl (C=O) groups is 1. The third kappa shape index (κ3) is 3.95. The molecule has 1 amide bonds. The van der Waals surface area contributed by atoms with Gasteiger partial charge in [-0.15, -0.1) is 11.3 Å². The van der Waals surface area contributed by atoms with Gasteiger partial charge < -0.3 is 10.1 Å². The second kappa shape index (κ2) is 8.15. The van der Waals surface area contributed by atoms with Crippen LogP contribution in [0.25, 0.3) is 10.9 Å². The van der Waals surface area contributed by atoms with E-state index < -0.39 is 17.4 Å². The molecule has 4 rings (SSSR count). The maximum Gasteiger partial charge on any atom is 0.262 e. The third-order valence-electron chi connectivity index (χ3n) is 4.94. The first-order valence-electron chi connectivity index (χ1n) is 9.06. The second-order valence-electron chi connectivity index (χ2n) is 6.75. The summed E-state index contributed by atoms with van der Waals surface area (Å²) in [6, 6.07) is 3.11. The number of halogens is 1. The molecule has 1 aromatic carbocycles. The van der Waals surface area contributed by atoms with Gasteiger partial charge in [0.05, 0.1) is 17.2 Å². The Morgan fingerprint density at radius 1 is 1.36 bits per heavy atom. The summed E-state index contributed by atoms with van der Waals surface area (Å²) >= 11 is 1.30. The molecule has 1 atom stereocenters. The van der Waals surface area contributed by atoms with E-state index in [1.54, 1.807) is 11.6 Å². The Morgan fingerprint density at radius 3 is 2.93 bits per heavy atom. The molecule has 1 saturated heterocycles. The fourth-order valence-corrected chi connectivity index (χ4v) is 3.98. The van der Waals surface area contributed by atoms with Crippen LogP contribution in [0.3, 0.4) is 0 Å². The first kappa shape index (κ1) is 18.7. The van der Waals surface area contributed by atoms with E-state index in [9.17, 15) is 14.0 Å². The molecule has 3 aromatic rings. The summed E-state index contributed by atoms with van der Waals surface area (Å²) in [6.07, 6.45) is 5.09. The van der Waals surface area contributed by atoms with Crippen molar-refractivity contribution in [1.29, 1.82) is 0 Å². The summed E-state index contributed by atoms with van der Waals surface area (Å²) in [5, 5.41) is 5.15. The second-order valence-corrected chi connectivity index (χ2v) is 7.65. The number of thiazole rings is 1. The van der Waals surface area contributed by atoms with Crippen LogP contribution in [0, 0.1) is 11.7 Å². The fourth-order valence-electron chi connectivity index (χ4n) is 3.45. The van der Waals surface area contributed by atoms with E-state index in [-0.39, 0.29) is 17.2 Å². The Labute approximate surface area is 164 Å². The summed E-state index contributed by atoms with van der Waals surface area (Å²) in [6.45, 7) is 1.28. The number of aromatic nitrogens is 3. The monoisotopic (exact) mass is 402 g/mol. The van der Waals surface area contributed by atoms with Crippen LogP contribution < -0.4 is 10.9 Å². The van der Waals surface area contributed by atoms with Crippen molar-refractivity contribution in [1.82, 2.24) is 14.5 Å². The summed E-state index contributed by atoms with van der Waals surface area (Å²) < 4.78 is 20.4. The molecule has 1 N–H and O–H groups in total. The SMILES string of the molecule is O=C(Nc1nccs1)C(CC1CCOCC1)n1cnc2ccc(F)cc2c1=O. The predicted octanol–water partition coefficient (Wildman–Crippen LogP) is 2.99. The molecule has 146 valence electrons. The van der Waals surface area contributed by atoms with Crippen LogP contribution in [0.5, 0.6) is 0 Å². The molecule has 1 aliphatic heterocycles. The Kier molecular flexibility index (Phi) is 5.45. The molecule has 1 fully saturated rings. The molecule has 0 bridgehead atoms. The first-order valence-corrected chi connectivity index (χ1v) is 9.94. The van der Waals surface area contributed by atoms with Crippen molar-refractivity contribution in [2.45, 2.75) is 25.3 Å². The smallest absolute Gasteiger partial charge is 0.262 e. The number of hydrogen-bond acceptors (Lipinski definition) is 6. The molecule has 3 heterocycles. The highest BCUT2D eigenvalue weighted by molar-refractivity contribution is 7.13. The molecular formula is C19H19FN4O3S. The quantitative estimate of drug-likeness (QED) is 0.709. The number of nitrogens with zero attached hydrogens (tertiary/aromatic N) is 3. The molecule has 0 spiro atoms. The van der Waals surface area contributed by atoms with Gasteiger partial charge >= 0.3 is 0 Å². The Hall–Kier alpha value is -2.65. The van der Waals surface area contributed by atoms with Gasteiger partial charge in [-0.2, -0.15) is 0 Å². The van der Waals surface area contributed by atoms with Crippen LogP contribution in [0.4, 0.5) is 9.52 Å². The number of rotatable bonds is 5. The van der Waals surface area contributed by atoms with Gasteiger partial charge in [-0.05, 0) is 43.4 Å². The maximum atomic E-state index is 13.7. The molecular weight excluding hydrogens is 383 g/mol. The lowest BCUT2D eigenvalue weighted by Crippen LogP contribution is -2.35. The van der Waals surface area contributed by atoms with Gasteiger partial charge in [0.15, 0.2) is 5.13 Å². The van der Waals surface area contributed by atoms with Gasteiger partial charge in [0.25, 0.3) is 5.56 Å². The van der Waals surface area contributed by atoms with E-state index in [4.69, 9.17) is 4.74 Å². The van der Waals surface area contributed by atoms with E-state index in [0.29, 0.717) is 30.3 Å². The van der Waals surface area contributed by atoms with E-state index in [1.807, 2.05) is 0 Å². The standard InChI is InChI=1S/C19H19FN4O3S/c20-13-1-2-15-14(10-13)18(26)24(11-22-15)16(9-12-3-6-27-7-4-12)17(25)23-19-21-5-8-28-19/h1-2,5,8,10-12,16H,3-4,6-7,9H2,(H,21,23,25). The summed E-state index contributed by atoms with van der Waals surface area (Å²) in [4.78, 5) is 34.3. The van der Waals surface area contributed by atoms with Crippen molar-refractivity contribution >= 4 is 33.3 Å². The molecule has 0 saturated carbocycles. The van der Waals surface area contributed by atoms with E-state index in [0.717, 1.165) is 18.9 Å². The van der Waals surface area contributed by atoms with Gasteiger partial charge in [0.2, 0.25) is 5.91 Å². The number of anilines is 1. The highest BCUT2D eigenvalue weighted by Crippen LogP contribution is 2.27. The van der Waals surface area contributed by atoms with Gasteiger partial charge in [-0.25, -0.2) is 14.4 Å². The summed E-state index contributed by atoms with van der Waals surface area (Å²) in [5.41, 5.74) is -0.0383. The summed E-state index contributed by atoms with van der Waals surface area (Å²) in [7, 11) is 0. The van der Waals surface area contributed by atoms with Gasteiger partial charge in [0.1, 0.15) is 11.9 Å². The van der Waals surface area contributed by atoms with Gasteiger partial charge in [-0.1, -0.05) is 0 Å². The van der Waals surface area contributed by atoms with Crippen LogP contribution in [-0.2, 0) is 9.53 Å². The Bertz CT molecular complexity index is 1030. The lowest BCUT2D eigenvalue weighted by atomic mass is 9.92. The number of fused-ring (bicyclic) bond motifs is 1. The molecule has 2 aromatic heterocycles. The Morgan fingerprint density at radius 2 is 2.18 bits per heavy atom. The highest BCUT2D eigenvalue weighted by atomic mass is 32.1. The summed E-state index contributed by atoms with van der Waals surface area (Å²) in [5.74, 6) is -0.602. The van der Waals surface area contributed by atoms with Crippen LogP contribution in [0.1, 0.15) is 25.3 Å². The normalized spacial score (nSPS) is 16.2. The predicted molar refractivity (Wildman–Crippen MR) is 104 cm³/mol. The molecule has 0 aliphatic carbocycles. The van der Waals surface area contributed by atoms with Crippen LogP contribution in [0.2, 0.25) is 0 Å². The van der Waals surface area contributed by atoms with Crippen molar-refractivity contribution in [3.63, 3.8) is 0 Å². The fraction of sp³-hybridized carbons (Fsp3) is 0.368. The molecule has 1 unspecified atom stereocenters. The average Bonchev–Trinajstić information content (AvgIpc) is 3.21. The average molecular weight is 402 g/mol. The molecule has 9 heteroatoms. The number of carbonyl (C=O) groups excluding carboxylic acids is 1. The largest absolute Gasteiger partial charge is 0.381 e. The van der Waals surface area contributed by atoms with Crippen LogP contribution in [0.15, 0.2) is 40.9 Å². The van der Waals surface area contributed by atoms with Crippen LogP contribution >= 0.6 is 11.3 Å². The number of nitrogens with one attached hydrogen (secondary N) is 1. The van der Waals surface area contributed by atoms with Gasteiger partial charge in [-0.3, -0.25) is 14.2 Å². The van der Waals surface area contributed by atoms with Crippen LogP contribution in [-0.4, -0.2) is 33.7 Å². The van der Waals surface area contributed by atoms with Gasteiger partial charge in [0, 0.05) is 24.8 Å². The van der Waals surface area contributed by atoms with Crippen molar-refractivity contribution in [2.24, 2.45) is 5.92 Å². The highest BCUT2D eigenvalue weighted by Gasteiger charge is 2.28. The van der Waals surface area contributed by atoms with E-state index in [1.165, 1.54) is 34.4 Å². The minimum Gasteiger partial charge on any atom is -0.381 e. The number of amides is 1. The van der Waals surface area contributed by atoms with Crippen molar-refractivity contribution in [2.75, 3.05) is 18.5 Å². The number of ether oxygens (including phenoxy) is 1. The zero-order valence-electron chi connectivity index (χ0n) is 15.0. The molecule has 28 heavy (non-hydrogen) atoms. The zero-order valence-corrected chi connectivity index (χ0v) is 15.8.